The summed E-state index contributed by atoms with van der Waals surface area (Å²) < 4.78 is 4.00. The van der Waals surface area contributed by atoms with Crippen LogP contribution in [0.25, 0.3) is 0 Å². The van der Waals surface area contributed by atoms with Gasteiger partial charge in [0.1, 0.15) is 0 Å². The second kappa shape index (κ2) is 44.4. The van der Waals surface area contributed by atoms with E-state index in [9.17, 15) is 4.79 Å². The molecule has 0 aromatic heterocycles. The van der Waals surface area contributed by atoms with E-state index in [2.05, 4.69) is 23.7 Å². The van der Waals surface area contributed by atoms with E-state index >= 15 is 0 Å². The third-order valence-corrected chi connectivity index (χ3v) is 0.755. The van der Waals surface area contributed by atoms with E-state index in [-0.39, 0.29) is 53.3 Å². The molecule has 0 spiro atoms. The molecule has 0 bridgehead atoms. The fraction of sp³-hybridized carbons (Fsp3) is 0.571. The summed E-state index contributed by atoms with van der Waals surface area (Å²) in [4.78, 5) is 9.96. The average molecular weight is 318 g/mol. The van der Waals surface area contributed by atoms with E-state index in [1.807, 2.05) is 20.8 Å². The molecule has 1 radical (unpaired) electrons. The number of hydrogen-bond donors (Lipinski definition) is 0. The van der Waals surface area contributed by atoms with Gasteiger partial charge >= 0.3 is 0 Å². The molecule has 0 amide bonds. The molecule has 0 atom stereocenters. The van der Waals surface area contributed by atoms with Crippen molar-refractivity contribution >= 4 is 5.78 Å². The van der Waals surface area contributed by atoms with Crippen molar-refractivity contribution in [2.45, 2.75) is 49.0 Å². The van der Waals surface area contributed by atoms with Crippen LogP contribution in [0.2, 0.25) is 0 Å². The van der Waals surface area contributed by atoms with E-state index in [4.69, 9.17) is 0 Å². The monoisotopic (exact) mass is 318 g/mol. The van der Waals surface area contributed by atoms with Crippen LogP contribution in [0.5, 0.6) is 0 Å². The quantitative estimate of drug-likeness (QED) is 0.410. The van der Waals surface area contributed by atoms with Crippen LogP contribution in [0.4, 0.5) is 0 Å². The van der Waals surface area contributed by atoms with Gasteiger partial charge in [-0.1, -0.05) is 27.9 Å². The Hall–Kier alpha value is 0.0339. The number of carbonyl (C=O) groups excluding carboxylic acids is 1. The first kappa shape index (κ1) is 36.0. The molecule has 0 aliphatic heterocycles. The largest absolute Gasteiger partial charge is 0.557 e. The van der Waals surface area contributed by atoms with Crippen LogP contribution < -0.4 is 0 Å². The zero-order chi connectivity index (χ0) is 11.8. The van der Waals surface area contributed by atoms with Gasteiger partial charge in [-0.05, 0) is 34.0 Å². The van der Waals surface area contributed by atoms with Crippen molar-refractivity contribution in [3.8, 4) is 11.8 Å². The standard InChI is InChI=1S/C5H8O.C5H8.C2H5O.2CH4.Y/c1-3-4-5(2)6;1-3-5-4-2;1-3-2;;;/h3-4H,1-2H3;3H2,1-2H3;1H2,2H3;2*1H4;/q;;-1;;;/b4-3+;;;;;. The van der Waals surface area contributed by atoms with Gasteiger partial charge < -0.3 is 4.74 Å². The van der Waals surface area contributed by atoms with Crippen LogP contribution in [0.3, 0.4) is 0 Å². The average Bonchev–Trinajstić information content (AvgIpc) is 2.07. The van der Waals surface area contributed by atoms with E-state index in [0.29, 0.717) is 0 Å². The van der Waals surface area contributed by atoms with E-state index in [0.717, 1.165) is 6.42 Å². The molecule has 0 unspecified atom stereocenters. The van der Waals surface area contributed by atoms with Gasteiger partial charge in [0.25, 0.3) is 0 Å². The second-order valence-electron chi connectivity index (χ2n) is 2.18. The summed E-state index contributed by atoms with van der Waals surface area (Å²) in [6.07, 6.45) is 4.23. The molecule has 0 N–H and O–H groups in total. The maximum atomic E-state index is 9.96. The summed E-state index contributed by atoms with van der Waals surface area (Å²) in [5, 5.41) is 0. The SMILES string of the molecule is C.C.C/C=C/C(C)=O.CC#CCC.[CH2-]OC.[Y]. The summed E-state index contributed by atoms with van der Waals surface area (Å²) in [7, 11) is 4.50. The third-order valence-electron chi connectivity index (χ3n) is 0.755. The van der Waals surface area contributed by atoms with Gasteiger partial charge in [0.2, 0.25) is 0 Å². The van der Waals surface area contributed by atoms with Crippen LogP contribution in [-0.4, -0.2) is 12.9 Å². The van der Waals surface area contributed by atoms with Crippen LogP contribution in [-0.2, 0) is 42.2 Å². The number of methoxy groups -OCH3 is 1. The summed E-state index contributed by atoms with van der Waals surface area (Å²) in [6, 6.07) is 0. The Morgan fingerprint density at radius 3 is 1.76 bits per heavy atom. The van der Waals surface area contributed by atoms with Gasteiger partial charge in [0.15, 0.2) is 5.78 Å². The summed E-state index contributed by atoms with van der Waals surface area (Å²) in [6.45, 7) is 7.24. The molecule has 0 rings (SSSR count). The van der Waals surface area contributed by atoms with Crippen molar-refractivity contribution in [2.75, 3.05) is 7.11 Å². The first-order chi connectivity index (χ1) is 6.60. The summed E-state index contributed by atoms with van der Waals surface area (Å²) in [5.41, 5.74) is 0. The van der Waals surface area contributed by atoms with Gasteiger partial charge in [-0.3, -0.25) is 4.79 Å². The van der Waals surface area contributed by atoms with Crippen LogP contribution in [0, 0.1) is 19.0 Å². The zero-order valence-electron chi connectivity index (χ0n) is 10.5. The molecule has 0 aliphatic carbocycles. The Morgan fingerprint density at radius 2 is 1.76 bits per heavy atom. The van der Waals surface area contributed by atoms with Crippen LogP contribution in [0.15, 0.2) is 12.2 Å². The van der Waals surface area contributed by atoms with E-state index < -0.39 is 0 Å². The Morgan fingerprint density at radius 1 is 1.41 bits per heavy atom. The molecule has 0 aromatic rings. The Balaban J connectivity index is -0.0000000256. The molecule has 2 nitrogen and oxygen atoms in total. The normalized spacial score (nSPS) is 6.00. The number of ether oxygens (including phenoxy) is 1. The number of rotatable bonds is 1. The molecule has 101 valence electrons. The first-order valence-corrected chi connectivity index (χ1v) is 4.41. The van der Waals surface area contributed by atoms with Gasteiger partial charge in [-0.2, -0.15) is 0 Å². The molecule has 17 heavy (non-hydrogen) atoms. The maximum absolute atomic E-state index is 9.96. The van der Waals surface area contributed by atoms with Gasteiger partial charge in [-0.25, -0.2) is 7.11 Å². The Kier molecular flexibility index (Phi) is 94.0. The Labute approximate surface area is 134 Å². The molecular weight excluding hydrogens is 289 g/mol. The maximum Gasteiger partial charge on any atom is 0.152 e. The summed E-state index contributed by atoms with van der Waals surface area (Å²) in [5.74, 6) is 5.74. The van der Waals surface area contributed by atoms with Crippen LogP contribution in [0.1, 0.15) is 49.0 Å². The first-order valence-electron chi connectivity index (χ1n) is 4.41. The molecule has 0 saturated heterocycles. The van der Waals surface area contributed by atoms with Crippen LogP contribution >= 0.6 is 0 Å². The molecule has 0 saturated carbocycles. The molecular formula is C14H29O2Y-. The van der Waals surface area contributed by atoms with Gasteiger partial charge in [-0.15, -0.1) is 11.8 Å². The molecule has 0 heterocycles. The fourth-order valence-electron chi connectivity index (χ4n) is 0.411. The number of ketones is 1. The molecule has 0 fully saturated rings. The van der Waals surface area contributed by atoms with Crippen molar-refractivity contribution in [1.29, 1.82) is 0 Å². The minimum atomic E-state index is 0. The van der Waals surface area contributed by atoms with Gasteiger partial charge in [0, 0.05) is 39.1 Å². The topological polar surface area (TPSA) is 26.3 Å². The van der Waals surface area contributed by atoms with E-state index in [1.54, 1.807) is 6.08 Å². The van der Waals surface area contributed by atoms with Crippen molar-refractivity contribution in [3.63, 3.8) is 0 Å². The number of allylic oxidation sites excluding steroid dienone is 2. The van der Waals surface area contributed by atoms with Crippen molar-refractivity contribution in [3.05, 3.63) is 19.3 Å². The predicted molar refractivity (Wildman–Crippen MR) is 75.1 cm³/mol. The van der Waals surface area contributed by atoms with Crippen molar-refractivity contribution in [2.24, 2.45) is 0 Å². The summed E-state index contributed by atoms with van der Waals surface area (Å²) >= 11 is 0. The van der Waals surface area contributed by atoms with Crippen molar-refractivity contribution < 1.29 is 42.2 Å². The second-order valence-corrected chi connectivity index (χ2v) is 2.18. The van der Waals surface area contributed by atoms with E-state index in [1.165, 1.54) is 20.1 Å². The minimum absolute atomic E-state index is 0. The van der Waals surface area contributed by atoms with Crippen molar-refractivity contribution in [1.82, 2.24) is 0 Å². The smallest absolute Gasteiger partial charge is 0.152 e. The Bertz CT molecular complexity index is 188. The molecule has 0 aliphatic rings. The fourth-order valence-corrected chi connectivity index (χ4v) is 0.411. The predicted octanol–water partition coefficient (Wildman–Crippen LogP) is 4.27. The molecule has 0 aromatic carbocycles. The zero-order valence-corrected chi connectivity index (χ0v) is 13.3. The third kappa shape index (κ3) is 125. The molecule has 3 heteroatoms. The van der Waals surface area contributed by atoms with Gasteiger partial charge in [0.05, 0.1) is 0 Å². The number of carbonyl (C=O) groups is 1. The minimum Gasteiger partial charge on any atom is -0.557 e. The number of hydrogen-bond acceptors (Lipinski definition) is 2.